The van der Waals surface area contributed by atoms with Crippen LogP contribution in [0.4, 0.5) is 5.69 Å². The predicted molar refractivity (Wildman–Crippen MR) is 74.1 cm³/mol. The molecule has 1 aliphatic carbocycles. The lowest BCUT2D eigenvalue weighted by molar-refractivity contribution is -0.141. The third-order valence-corrected chi connectivity index (χ3v) is 3.69. The Hall–Kier alpha value is -1.85. The Balaban J connectivity index is 1.74. The van der Waals surface area contributed by atoms with E-state index < -0.39 is 0 Å². The fraction of sp³-hybridized carbons (Fsp3) is 0.643. The maximum Gasteiger partial charge on any atom is 0.327 e. The summed E-state index contributed by atoms with van der Waals surface area (Å²) in [5.41, 5.74) is 0.616. The molecule has 0 aliphatic heterocycles. The molecule has 0 saturated heterocycles. The lowest BCUT2D eigenvalue weighted by atomic mass is 10.0. The molecule has 2 rings (SSSR count). The second kappa shape index (κ2) is 7.07. The van der Waals surface area contributed by atoms with E-state index >= 15 is 0 Å². The molecular formula is C14H21N3O3. The molecule has 1 aromatic heterocycles. The number of hydrogen-bond donors (Lipinski definition) is 1. The summed E-state index contributed by atoms with van der Waals surface area (Å²) < 4.78 is 6.00. The van der Waals surface area contributed by atoms with E-state index in [9.17, 15) is 9.59 Å². The summed E-state index contributed by atoms with van der Waals surface area (Å²) in [5.74, 6) is 0.351. The zero-order valence-corrected chi connectivity index (χ0v) is 11.8. The van der Waals surface area contributed by atoms with E-state index in [0.29, 0.717) is 18.0 Å². The summed E-state index contributed by atoms with van der Waals surface area (Å²) in [6, 6.07) is 0. The molecule has 6 heteroatoms. The Morgan fingerprint density at radius 2 is 2.20 bits per heavy atom. The molecule has 0 atom stereocenters. The summed E-state index contributed by atoms with van der Waals surface area (Å²) in [6.07, 6.45) is 9.78. The van der Waals surface area contributed by atoms with Gasteiger partial charge in [-0.3, -0.25) is 14.3 Å². The topological polar surface area (TPSA) is 73.2 Å². The first kappa shape index (κ1) is 14.6. The smallest absolute Gasteiger partial charge is 0.327 e. The van der Waals surface area contributed by atoms with Crippen molar-refractivity contribution in [2.24, 2.45) is 5.92 Å². The van der Waals surface area contributed by atoms with Crippen LogP contribution in [0.25, 0.3) is 0 Å². The fourth-order valence-electron chi connectivity index (χ4n) is 2.57. The zero-order valence-electron chi connectivity index (χ0n) is 11.8. The van der Waals surface area contributed by atoms with Crippen LogP contribution in [0.2, 0.25) is 0 Å². The highest BCUT2D eigenvalue weighted by molar-refractivity contribution is 5.90. The van der Waals surface area contributed by atoms with Crippen LogP contribution < -0.4 is 5.32 Å². The molecule has 1 fully saturated rings. The predicted octanol–water partition coefficient (Wildman–Crippen LogP) is 1.96. The highest BCUT2D eigenvalue weighted by Crippen LogP contribution is 2.28. The van der Waals surface area contributed by atoms with Crippen molar-refractivity contribution in [2.75, 3.05) is 12.4 Å². The number of carbonyl (C=O) groups is 2. The van der Waals surface area contributed by atoms with Crippen LogP contribution in [-0.2, 0) is 20.9 Å². The van der Waals surface area contributed by atoms with E-state index in [-0.39, 0.29) is 18.4 Å². The van der Waals surface area contributed by atoms with E-state index in [4.69, 9.17) is 0 Å². The van der Waals surface area contributed by atoms with E-state index in [1.165, 1.54) is 43.7 Å². The summed E-state index contributed by atoms with van der Waals surface area (Å²) in [4.78, 5) is 22.9. The standard InChI is InChI=1S/C14H21N3O3/c1-20-14(19)10-17-9-12(8-15-17)16-13(18)7-6-11-4-2-3-5-11/h8-9,11H,2-7,10H2,1H3,(H,16,18). The minimum atomic E-state index is -0.368. The van der Waals surface area contributed by atoms with E-state index in [1.54, 1.807) is 6.20 Å². The molecule has 0 radical (unpaired) electrons. The lowest BCUT2D eigenvalue weighted by Crippen LogP contribution is -2.13. The van der Waals surface area contributed by atoms with Gasteiger partial charge in [0.2, 0.25) is 5.91 Å². The summed E-state index contributed by atoms with van der Waals surface area (Å²) in [7, 11) is 1.33. The molecule has 0 unspecified atom stereocenters. The SMILES string of the molecule is COC(=O)Cn1cc(NC(=O)CCC2CCCC2)cn1. The van der Waals surface area contributed by atoms with Crippen LogP contribution in [0.5, 0.6) is 0 Å². The number of esters is 1. The van der Waals surface area contributed by atoms with Gasteiger partial charge in [-0.25, -0.2) is 0 Å². The Bertz CT molecular complexity index is 464. The number of anilines is 1. The minimum Gasteiger partial charge on any atom is -0.468 e. The van der Waals surface area contributed by atoms with Gasteiger partial charge in [-0.05, 0) is 12.3 Å². The molecule has 110 valence electrons. The second-order valence-electron chi connectivity index (χ2n) is 5.24. The van der Waals surface area contributed by atoms with Gasteiger partial charge in [0.25, 0.3) is 0 Å². The van der Waals surface area contributed by atoms with E-state index in [1.807, 2.05) is 0 Å². The maximum absolute atomic E-state index is 11.8. The van der Waals surface area contributed by atoms with Gasteiger partial charge in [0.1, 0.15) is 6.54 Å². The van der Waals surface area contributed by atoms with Crippen LogP contribution in [0.15, 0.2) is 12.4 Å². The molecule has 1 heterocycles. The third-order valence-electron chi connectivity index (χ3n) is 3.69. The molecule has 1 aliphatic rings. The van der Waals surface area contributed by atoms with Gasteiger partial charge in [0, 0.05) is 12.6 Å². The van der Waals surface area contributed by atoms with Crippen molar-refractivity contribution in [3.63, 3.8) is 0 Å². The van der Waals surface area contributed by atoms with Crippen molar-refractivity contribution >= 4 is 17.6 Å². The third kappa shape index (κ3) is 4.36. The molecule has 1 saturated carbocycles. The molecule has 20 heavy (non-hydrogen) atoms. The van der Waals surface area contributed by atoms with Crippen molar-refractivity contribution in [3.8, 4) is 0 Å². The molecule has 0 spiro atoms. The number of carbonyl (C=O) groups excluding carboxylic acids is 2. The van der Waals surface area contributed by atoms with E-state index in [0.717, 1.165) is 6.42 Å². The summed E-state index contributed by atoms with van der Waals surface area (Å²) in [6.45, 7) is 0.0500. The molecule has 1 aromatic rings. The number of methoxy groups -OCH3 is 1. The van der Waals surface area contributed by atoms with Crippen LogP contribution in [-0.4, -0.2) is 28.8 Å². The van der Waals surface area contributed by atoms with Gasteiger partial charge < -0.3 is 10.1 Å². The maximum atomic E-state index is 11.8. The Labute approximate surface area is 118 Å². The second-order valence-corrected chi connectivity index (χ2v) is 5.24. The minimum absolute atomic E-state index is 0.00881. The lowest BCUT2D eigenvalue weighted by Gasteiger charge is -2.07. The first-order valence-corrected chi connectivity index (χ1v) is 7.06. The van der Waals surface area contributed by atoms with Crippen LogP contribution in [0.3, 0.4) is 0 Å². The highest BCUT2D eigenvalue weighted by Gasteiger charge is 2.16. The van der Waals surface area contributed by atoms with Gasteiger partial charge in [0.15, 0.2) is 0 Å². The zero-order chi connectivity index (χ0) is 14.4. The number of amides is 1. The molecule has 6 nitrogen and oxygen atoms in total. The van der Waals surface area contributed by atoms with Crippen molar-refractivity contribution < 1.29 is 14.3 Å². The van der Waals surface area contributed by atoms with Crippen LogP contribution in [0, 0.1) is 5.92 Å². The van der Waals surface area contributed by atoms with Crippen LogP contribution in [0.1, 0.15) is 38.5 Å². The van der Waals surface area contributed by atoms with Crippen molar-refractivity contribution in [1.29, 1.82) is 0 Å². The Kier molecular flexibility index (Phi) is 5.15. The fourth-order valence-corrected chi connectivity index (χ4v) is 2.57. The average molecular weight is 279 g/mol. The van der Waals surface area contributed by atoms with Gasteiger partial charge in [-0.2, -0.15) is 5.10 Å². The summed E-state index contributed by atoms with van der Waals surface area (Å²) >= 11 is 0. The Morgan fingerprint density at radius 3 is 2.90 bits per heavy atom. The van der Waals surface area contributed by atoms with Gasteiger partial charge in [-0.15, -0.1) is 0 Å². The van der Waals surface area contributed by atoms with Gasteiger partial charge in [-0.1, -0.05) is 25.7 Å². The number of rotatable bonds is 6. The molecule has 1 amide bonds. The van der Waals surface area contributed by atoms with Crippen LogP contribution >= 0.6 is 0 Å². The first-order chi connectivity index (χ1) is 9.67. The van der Waals surface area contributed by atoms with Crippen molar-refractivity contribution in [1.82, 2.24) is 9.78 Å². The molecule has 0 bridgehead atoms. The highest BCUT2D eigenvalue weighted by atomic mass is 16.5. The molecule has 1 N–H and O–H groups in total. The first-order valence-electron chi connectivity index (χ1n) is 7.06. The van der Waals surface area contributed by atoms with Crippen molar-refractivity contribution in [2.45, 2.75) is 45.1 Å². The molecular weight excluding hydrogens is 258 g/mol. The normalized spacial score (nSPS) is 15.2. The summed E-state index contributed by atoms with van der Waals surface area (Å²) in [5, 5.41) is 6.80. The number of nitrogens with zero attached hydrogens (tertiary/aromatic N) is 2. The van der Waals surface area contributed by atoms with E-state index in [2.05, 4.69) is 15.2 Å². The monoisotopic (exact) mass is 279 g/mol. The average Bonchev–Trinajstić information content (AvgIpc) is 3.08. The number of aromatic nitrogens is 2. The molecule has 0 aromatic carbocycles. The largest absolute Gasteiger partial charge is 0.468 e. The van der Waals surface area contributed by atoms with Gasteiger partial charge in [0.05, 0.1) is 19.0 Å². The number of ether oxygens (including phenoxy) is 1. The number of nitrogens with one attached hydrogen (secondary N) is 1. The van der Waals surface area contributed by atoms with Crippen molar-refractivity contribution in [3.05, 3.63) is 12.4 Å². The van der Waals surface area contributed by atoms with Gasteiger partial charge >= 0.3 is 5.97 Å². The number of hydrogen-bond acceptors (Lipinski definition) is 4. The quantitative estimate of drug-likeness (QED) is 0.808. The Morgan fingerprint density at radius 1 is 1.45 bits per heavy atom.